The number of rotatable bonds is 4. The van der Waals surface area contributed by atoms with Gasteiger partial charge < -0.3 is 15.3 Å². The molecule has 1 saturated heterocycles. The van der Waals surface area contributed by atoms with E-state index in [-0.39, 0.29) is 6.03 Å². The molecule has 5 nitrogen and oxygen atoms in total. The highest BCUT2D eigenvalue weighted by molar-refractivity contribution is 5.83. The first-order valence-electron chi connectivity index (χ1n) is 7.45. The van der Waals surface area contributed by atoms with Crippen molar-refractivity contribution in [3.8, 4) is 0 Å². The van der Waals surface area contributed by atoms with Gasteiger partial charge in [-0.05, 0) is 24.3 Å². The Balaban J connectivity index is 1.98. The molecule has 21 heavy (non-hydrogen) atoms. The van der Waals surface area contributed by atoms with Gasteiger partial charge in [-0.3, -0.25) is 0 Å². The van der Waals surface area contributed by atoms with Gasteiger partial charge in [-0.1, -0.05) is 43.7 Å². The van der Waals surface area contributed by atoms with Crippen molar-refractivity contribution in [1.29, 1.82) is 0 Å². The third-order valence-corrected chi connectivity index (χ3v) is 4.13. The molecule has 5 heteroatoms. The first kappa shape index (κ1) is 15.4. The fraction of sp³-hybridized carbons (Fsp3) is 0.500. The monoisotopic (exact) mass is 290 g/mol. The highest BCUT2D eigenvalue weighted by Gasteiger charge is 2.27. The summed E-state index contributed by atoms with van der Waals surface area (Å²) in [6.07, 6.45) is 3.12. The molecule has 1 heterocycles. The Morgan fingerprint density at radius 3 is 2.43 bits per heavy atom. The SMILES string of the molecule is CCC1CCN(C(=O)N[C@H](C(=O)O)c2ccccc2)CC1. The number of amides is 2. The lowest BCUT2D eigenvalue weighted by molar-refractivity contribution is -0.139. The van der Waals surface area contributed by atoms with Gasteiger partial charge in [0.2, 0.25) is 0 Å². The van der Waals surface area contributed by atoms with Crippen molar-refractivity contribution < 1.29 is 14.7 Å². The topological polar surface area (TPSA) is 69.6 Å². The van der Waals surface area contributed by atoms with E-state index in [1.807, 2.05) is 6.07 Å². The predicted octanol–water partition coefficient (Wildman–Crippen LogP) is 2.64. The van der Waals surface area contributed by atoms with E-state index in [1.54, 1.807) is 29.2 Å². The van der Waals surface area contributed by atoms with E-state index in [9.17, 15) is 14.7 Å². The summed E-state index contributed by atoms with van der Waals surface area (Å²) < 4.78 is 0. The quantitative estimate of drug-likeness (QED) is 0.895. The molecule has 2 N–H and O–H groups in total. The van der Waals surface area contributed by atoms with Crippen LogP contribution in [0.3, 0.4) is 0 Å². The molecule has 114 valence electrons. The Morgan fingerprint density at radius 1 is 1.29 bits per heavy atom. The zero-order valence-electron chi connectivity index (χ0n) is 12.3. The largest absolute Gasteiger partial charge is 0.479 e. The van der Waals surface area contributed by atoms with Crippen LogP contribution in [0.25, 0.3) is 0 Å². The molecule has 1 fully saturated rings. The highest BCUT2D eigenvalue weighted by Crippen LogP contribution is 2.20. The minimum atomic E-state index is -1.04. The van der Waals surface area contributed by atoms with E-state index in [1.165, 1.54) is 0 Å². The lowest BCUT2D eigenvalue weighted by Crippen LogP contribution is -2.47. The van der Waals surface area contributed by atoms with Crippen LogP contribution < -0.4 is 5.32 Å². The summed E-state index contributed by atoms with van der Waals surface area (Å²) in [5, 5.41) is 11.9. The number of piperidine rings is 1. The number of carboxylic acid groups (broad SMARTS) is 1. The Morgan fingerprint density at radius 2 is 1.90 bits per heavy atom. The van der Waals surface area contributed by atoms with Crippen molar-refractivity contribution >= 4 is 12.0 Å². The first-order chi connectivity index (χ1) is 10.1. The van der Waals surface area contributed by atoms with Gasteiger partial charge in [0, 0.05) is 13.1 Å². The Hall–Kier alpha value is -2.04. The van der Waals surface area contributed by atoms with Crippen molar-refractivity contribution in [2.45, 2.75) is 32.2 Å². The number of urea groups is 1. The van der Waals surface area contributed by atoms with Crippen LogP contribution in [0.4, 0.5) is 4.79 Å². The summed E-state index contributed by atoms with van der Waals surface area (Å²) in [4.78, 5) is 25.3. The maximum absolute atomic E-state index is 12.2. The first-order valence-corrected chi connectivity index (χ1v) is 7.45. The average Bonchev–Trinajstić information content (AvgIpc) is 2.53. The summed E-state index contributed by atoms with van der Waals surface area (Å²) >= 11 is 0. The molecule has 0 bridgehead atoms. The van der Waals surface area contributed by atoms with Gasteiger partial charge in [0.25, 0.3) is 0 Å². The zero-order valence-corrected chi connectivity index (χ0v) is 12.3. The lowest BCUT2D eigenvalue weighted by Gasteiger charge is -2.32. The number of nitrogens with one attached hydrogen (secondary N) is 1. The predicted molar refractivity (Wildman–Crippen MR) is 79.9 cm³/mol. The zero-order chi connectivity index (χ0) is 15.2. The van der Waals surface area contributed by atoms with Crippen LogP contribution in [0.5, 0.6) is 0 Å². The minimum Gasteiger partial charge on any atom is -0.479 e. The molecule has 0 spiro atoms. The van der Waals surface area contributed by atoms with Crippen LogP contribution in [0, 0.1) is 5.92 Å². The van der Waals surface area contributed by atoms with Crippen LogP contribution in [0.1, 0.15) is 37.8 Å². The molecule has 1 aromatic carbocycles. The van der Waals surface area contributed by atoms with Gasteiger partial charge in [0.15, 0.2) is 6.04 Å². The second kappa shape index (κ2) is 7.11. The number of nitrogens with zero attached hydrogens (tertiary/aromatic N) is 1. The molecule has 2 amide bonds. The third-order valence-electron chi connectivity index (χ3n) is 4.13. The standard InChI is InChI=1S/C16H22N2O3/c1-2-12-8-10-18(11-9-12)16(21)17-14(15(19)20)13-6-4-3-5-7-13/h3-7,12,14H,2,8-11H2,1H3,(H,17,21)(H,19,20)/t14-/m0/s1. The van der Waals surface area contributed by atoms with Crippen LogP contribution in [0.2, 0.25) is 0 Å². The molecule has 1 aromatic rings. The fourth-order valence-electron chi connectivity index (χ4n) is 2.69. The van der Waals surface area contributed by atoms with Crippen LogP contribution in [-0.2, 0) is 4.79 Å². The summed E-state index contributed by atoms with van der Waals surface area (Å²) in [7, 11) is 0. The van der Waals surface area contributed by atoms with Gasteiger partial charge in [0.05, 0.1) is 0 Å². The Kier molecular flexibility index (Phi) is 5.20. The van der Waals surface area contributed by atoms with Crippen LogP contribution in [-0.4, -0.2) is 35.1 Å². The average molecular weight is 290 g/mol. The van der Waals surface area contributed by atoms with Gasteiger partial charge in [0.1, 0.15) is 0 Å². The van der Waals surface area contributed by atoms with E-state index < -0.39 is 12.0 Å². The summed E-state index contributed by atoms with van der Waals surface area (Å²) in [6, 6.07) is 7.49. The van der Waals surface area contributed by atoms with Gasteiger partial charge in [-0.2, -0.15) is 0 Å². The van der Waals surface area contributed by atoms with Crippen molar-refractivity contribution in [3.05, 3.63) is 35.9 Å². The summed E-state index contributed by atoms with van der Waals surface area (Å²) in [6.45, 7) is 3.56. The van der Waals surface area contributed by atoms with E-state index in [0.717, 1.165) is 19.3 Å². The lowest BCUT2D eigenvalue weighted by atomic mass is 9.95. The van der Waals surface area contributed by atoms with E-state index in [0.29, 0.717) is 24.6 Å². The molecule has 0 aliphatic carbocycles. The van der Waals surface area contributed by atoms with Gasteiger partial charge in [-0.25, -0.2) is 9.59 Å². The number of carboxylic acids is 1. The fourth-order valence-corrected chi connectivity index (χ4v) is 2.69. The second-order valence-corrected chi connectivity index (χ2v) is 5.47. The van der Waals surface area contributed by atoms with Gasteiger partial charge >= 0.3 is 12.0 Å². The van der Waals surface area contributed by atoms with Crippen LogP contribution in [0.15, 0.2) is 30.3 Å². The van der Waals surface area contributed by atoms with Crippen molar-refractivity contribution in [1.82, 2.24) is 10.2 Å². The molecule has 1 atom stereocenters. The molecule has 0 radical (unpaired) electrons. The normalized spacial score (nSPS) is 17.3. The number of likely N-dealkylation sites (tertiary alicyclic amines) is 1. The molecule has 1 aliphatic heterocycles. The molecule has 0 saturated carbocycles. The number of carbonyl (C=O) groups is 2. The number of hydrogen-bond acceptors (Lipinski definition) is 2. The van der Waals surface area contributed by atoms with E-state index in [2.05, 4.69) is 12.2 Å². The highest BCUT2D eigenvalue weighted by atomic mass is 16.4. The second-order valence-electron chi connectivity index (χ2n) is 5.47. The van der Waals surface area contributed by atoms with E-state index >= 15 is 0 Å². The number of benzene rings is 1. The summed E-state index contributed by atoms with van der Waals surface area (Å²) in [5.41, 5.74) is 0.585. The van der Waals surface area contributed by atoms with Crippen molar-refractivity contribution in [3.63, 3.8) is 0 Å². The van der Waals surface area contributed by atoms with Crippen molar-refractivity contribution in [2.24, 2.45) is 5.92 Å². The maximum Gasteiger partial charge on any atom is 0.330 e. The number of aliphatic carboxylic acids is 1. The number of hydrogen-bond donors (Lipinski definition) is 2. The number of carbonyl (C=O) groups excluding carboxylic acids is 1. The smallest absolute Gasteiger partial charge is 0.330 e. The summed E-state index contributed by atoms with van der Waals surface area (Å²) in [5.74, 6) is -0.364. The minimum absolute atomic E-state index is 0.291. The van der Waals surface area contributed by atoms with Crippen molar-refractivity contribution in [2.75, 3.05) is 13.1 Å². The Labute approximate surface area is 125 Å². The molecule has 0 unspecified atom stereocenters. The molecular weight excluding hydrogens is 268 g/mol. The third kappa shape index (κ3) is 3.97. The molecular formula is C16H22N2O3. The van der Waals surface area contributed by atoms with Gasteiger partial charge in [-0.15, -0.1) is 0 Å². The van der Waals surface area contributed by atoms with Crippen LogP contribution >= 0.6 is 0 Å². The maximum atomic E-state index is 12.2. The molecule has 2 rings (SSSR count). The molecule has 1 aliphatic rings. The van der Waals surface area contributed by atoms with E-state index in [4.69, 9.17) is 0 Å². The molecule has 0 aromatic heterocycles. The Bertz CT molecular complexity index is 482.